The van der Waals surface area contributed by atoms with E-state index >= 15 is 0 Å². The zero-order valence-electron chi connectivity index (χ0n) is 17.7. The summed E-state index contributed by atoms with van der Waals surface area (Å²) in [5, 5.41) is 3.67. The van der Waals surface area contributed by atoms with Gasteiger partial charge < -0.3 is 10.2 Å². The van der Waals surface area contributed by atoms with Crippen LogP contribution >= 0.6 is 23.4 Å². The maximum absolute atomic E-state index is 13.1. The van der Waals surface area contributed by atoms with Crippen LogP contribution in [0.15, 0.2) is 48.5 Å². The lowest BCUT2D eigenvalue weighted by molar-refractivity contribution is -0.138. The van der Waals surface area contributed by atoms with E-state index in [1.165, 1.54) is 23.9 Å². The number of rotatable bonds is 9. The molecule has 1 aliphatic carbocycles. The van der Waals surface area contributed by atoms with E-state index in [9.17, 15) is 14.0 Å². The van der Waals surface area contributed by atoms with E-state index in [4.69, 9.17) is 11.6 Å². The van der Waals surface area contributed by atoms with Crippen molar-refractivity contribution < 1.29 is 14.0 Å². The molecule has 1 fully saturated rings. The van der Waals surface area contributed by atoms with Crippen molar-refractivity contribution in [3.8, 4) is 0 Å². The molecule has 4 nitrogen and oxygen atoms in total. The highest BCUT2D eigenvalue weighted by atomic mass is 35.5. The minimum atomic E-state index is -0.601. The van der Waals surface area contributed by atoms with Crippen molar-refractivity contribution in [2.45, 2.75) is 57.0 Å². The lowest BCUT2D eigenvalue weighted by Gasteiger charge is -2.30. The molecule has 1 N–H and O–H groups in total. The molecule has 0 saturated heterocycles. The minimum absolute atomic E-state index is 0.124. The number of hydrogen-bond acceptors (Lipinski definition) is 3. The summed E-state index contributed by atoms with van der Waals surface area (Å²) in [5.41, 5.74) is 1.76. The number of halogens is 2. The summed E-state index contributed by atoms with van der Waals surface area (Å²) in [7, 11) is 0. The third-order valence-electron chi connectivity index (χ3n) is 5.57. The number of thioether (sulfide) groups is 1. The Hall–Kier alpha value is -2.05. The molecule has 0 unspecified atom stereocenters. The van der Waals surface area contributed by atoms with Crippen LogP contribution in [0.2, 0.25) is 5.02 Å². The zero-order valence-corrected chi connectivity index (χ0v) is 19.2. The Morgan fingerprint density at radius 3 is 2.52 bits per heavy atom. The number of benzene rings is 2. The molecule has 3 rings (SSSR count). The third kappa shape index (κ3) is 6.97. The Labute approximate surface area is 192 Å². The highest BCUT2D eigenvalue weighted by Crippen LogP contribution is 2.22. The van der Waals surface area contributed by atoms with Gasteiger partial charge in [0.05, 0.1) is 5.75 Å². The first-order valence-corrected chi connectivity index (χ1v) is 12.1. The van der Waals surface area contributed by atoms with Gasteiger partial charge in [0.1, 0.15) is 11.9 Å². The summed E-state index contributed by atoms with van der Waals surface area (Å²) >= 11 is 7.76. The van der Waals surface area contributed by atoms with Crippen molar-refractivity contribution in [2.24, 2.45) is 0 Å². The first-order valence-electron chi connectivity index (χ1n) is 10.6. The Balaban J connectivity index is 1.66. The third-order valence-corrected chi connectivity index (χ3v) is 6.93. The molecule has 0 aromatic heterocycles. The van der Waals surface area contributed by atoms with Gasteiger partial charge >= 0.3 is 0 Å². The van der Waals surface area contributed by atoms with Crippen LogP contribution in [-0.2, 0) is 21.9 Å². The standard InChI is InChI=1S/C24H28ClFN2O2S/c1-17(24(30)27-21-7-3-4-8-21)28(14-19-6-2-5-9-22(19)25)23(29)16-31-15-18-10-12-20(26)13-11-18/h2,5-6,9-13,17,21H,3-4,7-8,14-16H2,1H3,(H,27,30)/t17-/m0/s1. The van der Waals surface area contributed by atoms with E-state index in [2.05, 4.69) is 5.32 Å². The molecule has 0 radical (unpaired) electrons. The summed E-state index contributed by atoms with van der Waals surface area (Å²) in [6.07, 6.45) is 4.23. The average Bonchev–Trinajstić information content (AvgIpc) is 3.27. The molecule has 0 bridgehead atoms. The lowest BCUT2D eigenvalue weighted by atomic mass is 10.1. The quantitative estimate of drug-likeness (QED) is 0.558. The van der Waals surface area contributed by atoms with Gasteiger partial charge in [0, 0.05) is 23.4 Å². The molecule has 7 heteroatoms. The topological polar surface area (TPSA) is 49.4 Å². The Morgan fingerprint density at radius 2 is 1.84 bits per heavy atom. The maximum Gasteiger partial charge on any atom is 0.242 e. The van der Waals surface area contributed by atoms with E-state index < -0.39 is 6.04 Å². The van der Waals surface area contributed by atoms with Crippen LogP contribution in [-0.4, -0.2) is 34.6 Å². The number of nitrogens with one attached hydrogen (secondary N) is 1. The summed E-state index contributed by atoms with van der Waals surface area (Å²) in [6.45, 7) is 2.04. The average molecular weight is 463 g/mol. The number of carbonyl (C=O) groups excluding carboxylic acids is 2. The van der Waals surface area contributed by atoms with Crippen LogP contribution in [0.5, 0.6) is 0 Å². The summed E-state index contributed by atoms with van der Waals surface area (Å²) in [4.78, 5) is 27.6. The second-order valence-corrected chi connectivity index (χ2v) is 9.29. The number of amides is 2. The predicted octanol–water partition coefficient (Wildman–Crippen LogP) is 5.19. The molecule has 2 amide bonds. The van der Waals surface area contributed by atoms with Crippen molar-refractivity contribution in [1.29, 1.82) is 0 Å². The fourth-order valence-corrected chi connectivity index (χ4v) is 4.77. The van der Waals surface area contributed by atoms with Crippen LogP contribution in [0.4, 0.5) is 4.39 Å². The van der Waals surface area contributed by atoms with Gasteiger partial charge in [-0.25, -0.2) is 4.39 Å². The number of hydrogen-bond donors (Lipinski definition) is 1. The van der Waals surface area contributed by atoms with Crippen LogP contribution < -0.4 is 5.32 Å². The van der Waals surface area contributed by atoms with Gasteiger partial charge in [0.15, 0.2) is 0 Å². The molecular formula is C24H28ClFN2O2S. The fourth-order valence-electron chi connectivity index (χ4n) is 3.70. The second-order valence-electron chi connectivity index (χ2n) is 7.90. The van der Waals surface area contributed by atoms with Crippen molar-refractivity contribution in [3.05, 3.63) is 70.5 Å². The van der Waals surface area contributed by atoms with Crippen LogP contribution in [0.25, 0.3) is 0 Å². The molecule has 0 aliphatic heterocycles. The Bertz CT molecular complexity index is 887. The van der Waals surface area contributed by atoms with E-state index in [0.29, 0.717) is 10.8 Å². The summed E-state index contributed by atoms with van der Waals surface area (Å²) in [5.74, 6) is 0.284. The van der Waals surface area contributed by atoms with Gasteiger partial charge in [-0.3, -0.25) is 9.59 Å². The molecule has 2 aromatic carbocycles. The predicted molar refractivity (Wildman–Crippen MR) is 124 cm³/mol. The minimum Gasteiger partial charge on any atom is -0.352 e. The summed E-state index contributed by atoms with van der Waals surface area (Å²) < 4.78 is 13.1. The molecule has 31 heavy (non-hydrogen) atoms. The SMILES string of the molecule is C[C@@H](C(=O)NC1CCCC1)N(Cc1ccccc1Cl)C(=O)CSCc1ccc(F)cc1. The van der Waals surface area contributed by atoms with Gasteiger partial charge in [0.25, 0.3) is 0 Å². The lowest BCUT2D eigenvalue weighted by Crippen LogP contribution is -2.50. The molecule has 1 aliphatic rings. The highest BCUT2D eigenvalue weighted by Gasteiger charge is 2.28. The van der Waals surface area contributed by atoms with Crippen molar-refractivity contribution in [1.82, 2.24) is 10.2 Å². The van der Waals surface area contributed by atoms with Crippen molar-refractivity contribution in [3.63, 3.8) is 0 Å². The van der Waals surface area contributed by atoms with E-state index in [-0.39, 0.29) is 36.0 Å². The zero-order chi connectivity index (χ0) is 22.2. The Kier molecular flexibility index (Phi) is 8.79. The van der Waals surface area contributed by atoms with Gasteiger partial charge in [-0.1, -0.05) is 54.8 Å². The van der Waals surface area contributed by atoms with Crippen molar-refractivity contribution in [2.75, 3.05) is 5.75 Å². The molecular weight excluding hydrogens is 435 g/mol. The molecule has 0 heterocycles. The summed E-state index contributed by atoms with van der Waals surface area (Å²) in [6, 6.07) is 13.2. The van der Waals surface area contributed by atoms with Crippen LogP contribution in [0.3, 0.4) is 0 Å². The fraction of sp³-hybridized carbons (Fsp3) is 0.417. The Morgan fingerprint density at radius 1 is 1.16 bits per heavy atom. The number of nitrogens with zero attached hydrogens (tertiary/aromatic N) is 1. The van der Waals surface area contributed by atoms with E-state index in [0.717, 1.165) is 36.8 Å². The van der Waals surface area contributed by atoms with Gasteiger partial charge in [-0.05, 0) is 49.1 Å². The van der Waals surface area contributed by atoms with Crippen molar-refractivity contribution >= 4 is 35.2 Å². The second kappa shape index (κ2) is 11.5. The van der Waals surface area contributed by atoms with Gasteiger partial charge in [-0.2, -0.15) is 0 Å². The van der Waals surface area contributed by atoms with E-state index in [1.807, 2.05) is 18.2 Å². The van der Waals surface area contributed by atoms with E-state index in [1.54, 1.807) is 30.0 Å². The molecule has 166 valence electrons. The van der Waals surface area contributed by atoms with Crippen LogP contribution in [0, 0.1) is 5.82 Å². The molecule has 1 atom stereocenters. The monoisotopic (exact) mass is 462 g/mol. The largest absolute Gasteiger partial charge is 0.352 e. The normalized spacial score (nSPS) is 14.9. The first kappa shape index (κ1) is 23.6. The number of carbonyl (C=O) groups is 2. The highest BCUT2D eigenvalue weighted by molar-refractivity contribution is 7.99. The smallest absolute Gasteiger partial charge is 0.242 e. The van der Waals surface area contributed by atoms with Gasteiger partial charge in [-0.15, -0.1) is 11.8 Å². The first-order chi connectivity index (χ1) is 14.9. The molecule has 0 spiro atoms. The molecule has 2 aromatic rings. The maximum atomic E-state index is 13.1. The van der Waals surface area contributed by atoms with Crippen LogP contribution in [0.1, 0.15) is 43.7 Å². The molecule has 1 saturated carbocycles. The van der Waals surface area contributed by atoms with Gasteiger partial charge in [0.2, 0.25) is 11.8 Å².